The summed E-state index contributed by atoms with van der Waals surface area (Å²) in [6, 6.07) is 2.20. The summed E-state index contributed by atoms with van der Waals surface area (Å²) >= 11 is 2.87. The average Bonchev–Trinajstić information content (AvgIpc) is 1.97. The smallest absolute Gasteiger partial charge is 0.340 e. The van der Waals surface area contributed by atoms with Crippen LogP contribution in [0, 0.1) is 5.82 Å². The summed E-state index contributed by atoms with van der Waals surface area (Å²) in [5, 5.41) is 17.5. The molecule has 12 heavy (non-hydrogen) atoms. The van der Waals surface area contributed by atoms with Crippen molar-refractivity contribution in [2.24, 2.45) is 0 Å². The van der Waals surface area contributed by atoms with Gasteiger partial charge in [0.25, 0.3) is 0 Å². The maximum atomic E-state index is 12.6. The third-order valence-corrected chi connectivity index (χ3v) is 1.95. The molecule has 64 valence electrons. The van der Waals surface area contributed by atoms with Gasteiger partial charge in [0.2, 0.25) is 0 Å². The van der Waals surface area contributed by atoms with Gasteiger partial charge in [0, 0.05) is 4.47 Å². The molecule has 0 aliphatic carbocycles. The van der Waals surface area contributed by atoms with Crippen molar-refractivity contribution in [3.63, 3.8) is 0 Å². The number of hydrogen-bond donors (Lipinski definition) is 2. The summed E-state index contributed by atoms with van der Waals surface area (Å²) in [6.45, 7) is 0. The van der Waals surface area contributed by atoms with Crippen LogP contribution in [0.3, 0.4) is 0 Å². The summed E-state index contributed by atoms with van der Waals surface area (Å²) in [4.78, 5) is 10.4. The van der Waals surface area contributed by atoms with Crippen LogP contribution in [-0.2, 0) is 0 Å². The molecule has 0 aliphatic heterocycles. The van der Waals surface area contributed by atoms with E-state index in [2.05, 4.69) is 15.9 Å². The van der Waals surface area contributed by atoms with E-state index in [0.717, 1.165) is 6.07 Å². The van der Waals surface area contributed by atoms with Gasteiger partial charge in [-0.2, -0.15) is 0 Å². The minimum absolute atomic E-state index is 0.147. The zero-order chi connectivity index (χ0) is 9.30. The Labute approximate surface area is 75.6 Å². The summed E-state index contributed by atoms with van der Waals surface area (Å²) in [6.07, 6.45) is 0. The van der Waals surface area contributed by atoms with Crippen LogP contribution in [0.5, 0.6) is 5.75 Å². The molecular formula is C7H4BrFO3. The number of phenols is 1. The fraction of sp³-hybridized carbons (Fsp3) is 0. The van der Waals surface area contributed by atoms with Gasteiger partial charge in [-0.25, -0.2) is 9.18 Å². The Bertz CT molecular complexity index is 338. The van der Waals surface area contributed by atoms with Crippen molar-refractivity contribution in [2.45, 2.75) is 0 Å². The molecule has 0 spiro atoms. The van der Waals surface area contributed by atoms with Crippen molar-refractivity contribution in [3.8, 4) is 5.75 Å². The lowest BCUT2D eigenvalue weighted by Gasteiger charge is -2.01. The lowest BCUT2D eigenvalue weighted by atomic mass is 10.2. The highest BCUT2D eigenvalue weighted by atomic mass is 79.9. The third kappa shape index (κ3) is 1.40. The fourth-order valence-electron chi connectivity index (χ4n) is 0.745. The number of carboxylic acids is 1. The van der Waals surface area contributed by atoms with Gasteiger partial charge in [0.15, 0.2) is 11.6 Å². The maximum absolute atomic E-state index is 12.6. The van der Waals surface area contributed by atoms with Gasteiger partial charge in [-0.05, 0) is 28.1 Å². The third-order valence-electron chi connectivity index (χ3n) is 1.29. The Morgan fingerprint density at radius 3 is 2.50 bits per heavy atom. The zero-order valence-electron chi connectivity index (χ0n) is 5.71. The van der Waals surface area contributed by atoms with Crippen molar-refractivity contribution in [2.75, 3.05) is 0 Å². The molecule has 0 amide bonds. The monoisotopic (exact) mass is 234 g/mol. The Kier molecular flexibility index (Phi) is 2.32. The lowest BCUT2D eigenvalue weighted by Crippen LogP contribution is -1.99. The standard InChI is InChI=1S/C7H4BrFO3/c8-3-1-2-4(9)6(10)5(3)7(11)12/h1-2,10H,(H,11,12). The molecule has 0 radical (unpaired) electrons. The molecule has 1 aromatic rings. The van der Waals surface area contributed by atoms with Crippen LogP contribution in [0.15, 0.2) is 16.6 Å². The quantitative estimate of drug-likeness (QED) is 0.782. The van der Waals surface area contributed by atoms with Crippen LogP contribution in [0.1, 0.15) is 10.4 Å². The molecule has 2 N–H and O–H groups in total. The van der Waals surface area contributed by atoms with Crippen molar-refractivity contribution in [3.05, 3.63) is 28.0 Å². The lowest BCUT2D eigenvalue weighted by molar-refractivity contribution is 0.0691. The number of halogens is 2. The molecule has 0 fully saturated rings. The fourth-order valence-corrected chi connectivity index (χ4v) is 1.23. The highest BCUT2D eigenvalue weighted by molar-refractivity contribution is 9.10. The van der Waals surface area contributed by atoms with Crippen molar-refractivity contribution < 1.29 is 19.4 Å². The first kappa shape index (κ1) is 8.99. The highest BCUT2D eigenvalue weighted by Gasteiger charge is 2.16. The molecular weight excluding hydrogens is 231 g/mol. The molecule has 0 atom stereocenters. The van der Waals surface area contributed by atoms with E-state index in [1.165, 1.54) is 6.07 Å². The number of carbonyl (C=O) groups is 1. The number of hydrogen-bond acceptors (Lipinski definition) is 2. The minimum Gasteiger partial charge on any atom is -0.504 e. The van der Waals surface area contributed by atoms with Crippen LogP contribution in [0.2, 0.25) is 0 Å². The average molecular weight is 235 g/mol. The molecule has 1 aromatic carbocycles. The molecule has 3 nitrogen and oxygen atoms in total. The Morgan fingerprint density at radius 2 is 2.08 bits per heavy atom. The van der Waals surface area contributed by atoms with Crippen molar-refractivity contribution >= 4 is 21.9 Å². The minimum atomic E-state index is -1.38. The van der Waals surface area contributed by atoms with Crippen LogP contribution in [0.25, 0.3) is 0 Å². The molecule has 5 heteroatoms. The topological polar surface area (TPSA) is 57.5 Å². The first-order valence-electron chi connectivity index (χ1n) is 2.94. The number of carboxylic acid groups (broad SMARTS) is 1. The van der Waals surface area contributed by atoms with E-state index >= 15 is 0 Å². The summed E-state index contributed by atoms with van der Waals surface area (Å²) < 4.78 is 12.7. The van der Waals surface area contributed by atoms with E-state index in [9.17, 15) is 9.18 Å². The molecule has 0 unspecified atom stereocenters. The molecule has 0 saturated carbocycles. The van der Waals surface area contributed by atoms with Crippen LogP contribution < -0.4 is 0 Å². The molecule has 1 rings (SSSR count). The summed E-state index contributed by atoms with van der Waals surface area (Å²) in [5.74, 6) is -3.17. The van der Waals surface area contributed by atoms with Gasteiger partial charge in [0.1, 0.15) is 5.56 Å². The summed E-state index contributed by atoms with van der Waals surface area (Å²) in [7, 11) is 0. The second-order valence-corrected chi connectivity index (χ2v) is 2.91. The van der Waals surface area contributed by atoms with Crippen LogP contribution in [0.4, 0.5) is 4.39 Å². The second kappa shape index (κ2) is 3.10. The number of aromatic hydroxyl groups is 1. The molecule has 0 heterocycles. The van der Waals surface area contributed by atoms with E-state index in [0.29, 0.717) is 0 Å². The van der Waals surface area contributed by atoms with Gasteiger partial charge < -0.3 is 10.2 Å². The van der Waals surface area contributed by atoms with Gasteiger partial charge in [0.05, 0.1) is 0 Å². The highest BCUT2D eigenvalue weighted by Crippen LogP contribution is 2.28. The first-order valence-corrected chi connectivity index (χ1v) is 3.73. The summed E-state index contributed by atoms with van der Waals surface area (Å²) in [5.41, 5.74) is -0.463. The van der Waals surface area contributed by atoms with Crippen LogP contribution >= 0.6 is 15.9 Å². The number of aromatic carboxylic acids is 1. The normalized spacial score (nSPS) is 9.83. The molecule has 0 aliphatic rings. The van der Waals surface area contributed by atoms with Crippen molar-refractivity contribution in [1.29, 1.82) is 0 Å². The van der Waals surface area contributed by atoms with E-state index < -0.39 is 23.1 Å². The van der Waals surface area contributed by atoms with E-state index in [-0.39, 0.29) is 4.47 Å². The van der Waals surface area contributed by atoms with Gasteiger partial charge >= 0.3 is 5.97 Å². The molecule has 0 aromatic heterocycles. The Balaban J connectivity index is 3.43. The van der Waals surface area contributed by atoms with Crippen molar-refractivity contribution in [1.82, 2.24) is 0 Å². The van der Waals surface area contributed by atoms with Gasteiger partial charge in [-0.1, -0.05) is 0 Å². The Hall–Kier alpha value is -1.10. The number of benzene rings is 1. The predicted molar refractivity (Wildman–Crippen MR) is 42.7 cm³/mol. The van der Waals surface area contributed by atoms with E-state index in [1.54, 1.807) is 0 Å². The number of rotatable bonds is 1. The Morgan fingerprint density at radius 1 is 1.50 bits per heavy atom. The predicted octanol–water partition coefficient (Wildman–Crippen LogP) is 1.99. The largest absolute Gasteiger partial charge is 0.504 e. The van der Waals surface area contributed by atoms with Crippen LogP contribution in [-0.4, -0.2) is 16.2 Å². The van der Waals surface area contributed by atoms with E-state index in [4.69, 9.17) is 10.2 Å². The zero-order valence-corrected chi connectivity index (χ0v) is 7.30. The van der Waals surface area contributed by atoms with Gasteiger partial charge in [-0.15, -0.1) is 0 Å². The second-order valence-electron chi connectivity index (χ2n) is 2.06. The van der Waals surface area contributed by atoms with E-state index in [1.807, 2.05) is 0 Å². The maximum Gasteiger partial charge on any atom is 0.340 e. The molecule has 0 bridgehead atoms. The molecule has 0 saturated heterocycles. The SMILES string of the molecule is O=C(O)c1c(Br)ccc(F)c1O. The van der Waals surface area contributed by atoms with Gasteiger partial charge in [-0.3, -0.25) is 0 Å². The first-order chi connectivity index (χ1) is 5.54.